The molecule has 0 spiro atoms. The lowest BCUT2D eigenvalue weighted by Crippen LogP contribution is -2.20. The standard InChI is InChI=1S/C15H14N6O3/c1-10-13(21(22)23)12(14-16-9-17-24-14)19-15(18-10)20(2)8-11-6-4-3-5-7-11/h3-7,9H,8H2,1-2H3. The van der Waals surface area contributed by atoms with E-state index in [0.717, 1.165) is 5.56 Å². The molecule has 0 bridgehead atoms. The van der Waals surface area contributed by atoms with Gasteiger partial charge in [-0.25, -0.2) is 9.97 Å². The number of aromatic nitrogens is 4. The summed E-state index contributed by atoms with van der Waals surface area (Å²) in [7, 11) is 1.81. The molecule has 0 unspecified atom stereocenters. The molecular weight excluding hydrogens is 312 g/mol. The molecule has 24 heavy (non-hydrogen) atoms. The molecule has 9 nitrogen and oxygen atoms in total. The molecule has 0 fully saturated rings. The van der Waals surface area contributed by atoms with E-state index in [1.165, 1.54) is 6.33 Å². The number of rotatable bonds is 5. The highest BCUT2D eigenvalue weighted by Crippen LogP contribution is 2.30. The Morgan fingerprint density at radius 1 is 1.25 bits per heavy atom. The van der Waals surface area contributed by atoms with Crippen molar-refractivity contribution in [2.75, 3.05) is 11.9 Å². The van der Waals surface area contributed by atoms with Crippen molar-refractivity contribution >= 4 is 11.6 Å². The van der Waals surface area contributed by atoms with Crippen molar-refractivity contribution in [2.24, 2.45) is 0 Å². The summed E-state index contributed by atoms with van der Waals surface area (Å²) in [5, 5.41) is 14.8. The maximum absolute atomic E-state index is 11.3. The van der Waals surface area contributed by atoms with Gasteiger partial charge < -0.3 is 9.42 Å². The molecule has 3 aromatic rings. The number of benzene rings is 1. The fourth-order valence-electron chi connectivity index (χ4n) is 2.30. The van der Waals surface area contributed by atoms with Crippen LogP contribution in [0.3, 0.4) is 0 Å². The van der Waals surface area contributed by atoms with Crippen LogP contribution in [-0.2, 0) is 6.54 Å². The van der Waals surface area contributed by atoms with Gasteiger partial charge in [0, 0.05) is 13.6 Å². The summed E-state index contributed by atoms with van der Waals surface area (Å²) in [6.45, 7) is 2.11. The number of nitro groups is 1. The van der Waals surface area contributed by atoms with Crippen molar-refractivity contribution in [1.82, 2.24) is 20.1 Å². The zero-order valence-corrected chi connectivity index (χ0v) is 13.1. The van der Waals surface area contributed by atoms with E-state index in [0.29, 0.717) is 12.5 Å². The summed E-state index contributed by atoms with van der Waals surface area (Å²) >= 11 is 0. The second-order valence-electron chi connectivity index (χ2n) is 5.15. The first kappa shape index (κ1) is 15.5. The number of hydrogen-bond acceptors (Lipinski definition) is 8. The van der Waals surface area contributed by atoms with Gasteiger partial charge in [0.2, 0.25) is 11.6 Å². The fraction of sp³-hybridized carbons (Fsp3) is 0.200. The van der Waals surface area contributed by atoms with Crippen molar-refractivity contribution in [3.05, 3.63) is 58.0 Å². The number of nitrogens with zero attached hydrogens (tertiary/aromatic N) is 6. The van der Waals surface area contributed by atoms with Crippen LogP contribution in [0, 0.1) is 17.0 Å². The maximum atomic E-state index is 11.3. The lowest BCUT2D eigenvalue weighted by atomic mass is 10.2. The van der Waals surface area contributed by atoms with Crippen LogP contribution in [0.4, 0.5) is 11.6 Å². The monoisotopic (exact) mass is 326 g/mol. The molecule has 0 aliphatic rings. The quantitative estimate of drug-likeness (QED) is 0.519. The summed E-state index contributed by atoms with van der Waals surface area (Å²) in [6, 6.07) is 9.77. The summed E-state index contributed by atoms with van der Waals surface area (Å²) in [6.07, 6.45) is 1.17. The Morgan fingerprint density at radius 2 is 2.00 bits per heavy atom. The topological polar surface area (TPSA) is 111 Å². The first-order chi connectivity index (χ1) is 11.6. The summed E-state index contributed by atoms with van der Waals surface area (Å²) < 4.78 is 4.94. The molecular formula is C15H14N6O3. The third-order valence-electron chi connectivity index (χ3n) is 3.40. The molecule has 9 heteroatoms. The van der Waals surface area contributed by atoms with Crippen LogP contribution < -0.4 is 4.90 Å². The third kappa shape index (κ3) is 3.05. The van der Waals surface area contributed by atoms with Gasteiger partial charge in [-0.3, -0.25) is 10.1 Å². The van der Waals surface area contributed by atoms with Gasteiger partial charge in [-0.05, 0) is 12.5 Å². The average Bonchev–Trinajstić information content (AvgIpc) is 3.09. The highest BCUT2D eigenvalue weighted by atomic mass is 16.6. The van der Waals surface area contributed by atoms with Crippen LogP contribution in [0.5, 0.6) is 0 Å². The molecule has 0 radical (unpaired) electrons. The zero-order valence-electron chi connectivity index (χ0n) is 13.1. The molecule has 0 saturated carbocycles. The molecule has 0 N–H and O–H groups in total. The SMILES string of the molecule is Cc1nc(N(C)Cc2ccccc2)nc(-c2ncno2)c1[N+](=O)[O-]. The van der Waals surface area contributed by atoms with E-state index in [9.17, 15) is 10.1 Å². The molecule has 0 aliphatic heterocycles. The Balaban J connectivity index is 2.02. The Hall–Kier alpha value is -3.36. The fourth-order valence-corrected chi connectivity index (χ4v) is 2.30. The molecule has 2 heterocycles. The normalized spacial score (nSPS) is 10.6. The van der Waals surface area contributed by atoms with Crippen molar-refractivity contribution < 1.29 is 9.45 Å². The predicted molar refractivity (Wildman–Crippen MR) is 85.3 cm³/mol. The van der Waals surface area contributed by atoms with E-state index in [4.69, 9.17) is 4.52 Å². The average molecular weight is 326 g/mol. The molecule has 0 saturated heterocycles. The maximum Gasteiger partial charge on any atom is 0.321 e. The van der Waals surface area contributed by atoms with Crippen LogP contribution in [0.2, 0.25) is 0 Å². The van der Waals surface area contributed by atoms with Crippen molar-refractivity contribution in [2.45, 2.75) is 13.5 Å². The first-order valence-electron chi connectivity index (χ1n) is 7.11. The van der Waals surface area contributed by atoms with E-state index in [1.807, 2.05) is 37.4 Å². The number of anilines is 1. The third-order valence-corrected chi connectivity index (χ3v) is 3.40. The molecule has 0 amide bonds. The lowest BCUT2D eigenvalue weighted by Gasteiger charge is -2.18. The van der Waals surface area contributed by atoms with Crippen molar-refractivity contribution in [3.63, 3.8) is 0 Å². The van der Waals surface area contributed by atoms with E-state index < -0.39 is 4.92 Å². The molecule has 2 aromatic heterocycles. The van der Waals surface area contributed by atoms with Crippen molar-refractivity contribution in [1.29, 1.82) is 0 Å². The van der Waals surface area contributed by atoms with E-state index in [2.05, 4.69) is 20.1 Å². The van der Waals surface area contributed by atoms with Gasteiger partial charge in [-0.15, -0.1) is 0 Å². The number of hydrogen-bond donors (Lipinski definition) is 0. The highest BCUT2D eigenvalue weighted by molar-refractivity contribution is 5.65. The number of aryl methyl sites for hydroxylation is 1. The Bertz CT molecular complexity index is 851. The summed E-state index contributed by atoms with van der Waals surface area (Å²) in [5.74, 6) is 0.330. The molecule has 3 rings (SSSR count). The van der Waals surface area contributed by atoms with Gasteiger partial charge in [0.15, 0.2) is 6.33 Å². The van der Waals surface area contributed by atoms with E-state index in [1.54, 1.807) is 11.8 Å². The van der Waals surface area contributed by atoms with Crippen LogP contribution in [0.1, 0.15) is 11.3 Å². The van der Waals surface area contributed by atoms with E-state index >= 15 is 0 Å². The van der Waals surface area contributed by atoms with Crippen LogP contribution >= 0.6 is 0 Å². The van der Waals surface area contributed by atoms with Crippen LogP contribution in [-0.4, -0.2) is 32.1 Å². The Kier molecular flexibility index (Phi) is 4.15. The minimum Gasteiger partial charge on any atom is -0.340 e. The second kappa shape index (κ2) is 6.41. The van der Waals surface area contributed by atoms with Gasteiger partial charge in [-0.1, -0.05) is 35.5 Å². The van der Waals surface area contributed by atoms with Gasteiger partial charge in [0.05, 0.1) is 4.92 Å². The van der Waals surface area contributed by atoms with Gasteiger partial charge >= 0.3 is 5.69 Å². The minimum atomic E-state index is -0.546. The smallest absolute Gasteiger partial charge is 0.321 e. The highest BCUT2D eigenvalue weighted by Gasteiger charge is 2.27. The Morgan fingerprint density at radius 3 is 2.62 bits per heavy atom. The minimum absolute atomic E-state index is 0.0124. The molecule has 1 aromatic carbocycles. The zero-order chi connectivity index (χ0) is 17.1. The summed E-state index contributed by atoms with van der Waals surface area (Å²) in [4.78, 5) is 25.0. The molecule has 0 aliphatic carbocycles. The van der Waals surface area contributed by atoms with Crippen molar-refractivity contribution in [3.8, 4) is 11.6 Å². The largest absolute Gasteiger partial charge is 0.340 e. The molecule has 0 atom stereocenters. The first-order valence-corrected chi connectivity index (χ1v) is 7.11. The van der Waals surface area contributed by atoms with Crippen LogP contribution in [0.25, 0.3) is 11.6 Å². The second-order valence-corrected chi connectivity index (χ2v) is 5.15. The predicted octanol–water partition coefficient (Wildman–Crippen LogP) is 2.38. The van der Waals surface area contributed by atoms with E-state index in [-0.39, 0.29) is 23.0 Å². The van der Waals surface area contributed by atoms with Gasteiger partial charge in [0.25, 0.3) is 5.89 Å². The molecule has 122 valence electrons. The van der Waals surface area contributed by atoms with Gasteiger partial charge in [-0.2, -0.15) is 4.98 Å². The Labute approximate surface area is 137 Å². The van der Waals surface area contributed by atoms with Gasteiger partial charge in [0.1, 0.15) is 5.69 Å². The lowest BCUT2D eigenvalue weighted by molar-refractivity contribution is -0.385. The summed E-state index contributed by atoms with van der Waals surface area (Å²) in [5.41, 5.74) is 1.08. The van der Waals surface area contributed by atoms with Crippen LogP contribution in [0.15, 0.2) is 41.2 Å².